The second-order valence-corrected chi connectivity index (χ2v) is 6.82. The van der Waals surface area contributed by atoms with E-state index >= 15 is 0 Å². The van der Waals surface area contributed by atoms with Crippen molar-refractivity contribution in [2.75, 3.05) is 0 Å². The Kier molecular flexibility index (Phi) is 3.11. The van der Waals surface area contributed by atoms with E-state index in [9.17, 15) is 4.79 Å². The summed E-state index contributed by atoms with van der Waals surface area (Å²) in [6, 6.07) is 16.2. The molecule has 1 aliphatic carbocycles. The van der Waals surface area contributed by atoms with Gasteiger partial charge in [-0.3, -0.25) is 4.79 Å². The Hall–Kier alpha value is -2.81. The minimum atomic E-state index is -0.316. The second-order valence-electron chi connectivity index (χ2n) is 6.82. The van der Waals surface area contributed by atoms with Crippen LogP contribution in [0.15, 0.2) is 52.9 Å². The predicted octanol–water partition coefficient (Wildman–Crippen LogP) is 5.26. The highest BCUT2D eigenvalue weighted by atomic mass is 16.5. The van der Waals surface area contributed by atoms with Gasteiger partial charge in [0.2, 0.25) is 0 Å². The number of rotatable bonds is 1. The van der Waals surface area contributed by atoms with E-state index in [1.54, 1.807) is 0 Å². The Morgan fingerprint density at radius 2 is 1.76 bits per heavy atom. The number of benzene rings is 2. The van der Waals surface area contributed by atoms with Gasteiger partial charge in [-0.05, 0) is 19.4 Å². The largest absolute Gasteiger partial charge is 0.477 e. The molecule has 0 amide bonds. The molecule has 0 saturated heterocycles. The standard InChI is InChI=1S/C22H18O3/c1-13-9-11-14(12-10-13)21-22-19(15-5-2-3-7-17(15)24-21)20-16(23)6-4-8-18(20)25-22/h2-3,5,7,9-12,21H,4,6,8H2,1H3. The van der Waals surface area contributed by atoms with Crippen LogP contribution in [0.25, 0.3) is 11.1 Å². The molecule has 2 aliphatic rings. The lowest BCUT2D eigenvalue weighted by Gasteiger charge is -2.26. The topological polar surface area (TPSA) is 39.4 Å². The van der Waals surface area contributed by atoms with Crippen LogP contribution in [0.5, 0.6) is 5.75 Å². The first-order valence-electron chi connectivity index (χ1n) is 8.74. The zero-order valence-corrected chi connectivity index (χ0v) is 14.0. The van der Waals surface area contributed by atoms with Crippen molar-refractivity contribution in [2.45, 2.75) is 32.3 Å². The van der Waals surface area contributed by atoms with Crippen LogP contribution in [0.2, 0.25) is 0 Å². The Bertz CT molecular complexity index is 979. The summed E-state index contributed by atoms with van der Waals surface area (Å²) in [5.74, 6) is 2.58. The summed E-state index contributed by atoms with van der Waals surface area (Å²) in [5.41, 5.74) is 4.91. The van der Waals surface area contributed by atoms with E-state index in [1.165, 1.54) is 5.56 Å². The van der Waals surface area contributed by atoms with Gasteiger partial charge in [-0.2, -0.15) is 0 Å². The van der Waals surface area contributed by atoms with Crippen LogP contribution in [-0.4, -0.2) is 5.78 Å². The molecule has 0 bridgehead atoms. The Morgan fingerprint density at radius 1 is 0.960 bits per heavy atom. The van der Waals surface area contributed by atoms with Crippen LogP contribution in [0.3, 0.4) is 0 Å². The van der Waals surface area contributed by atoms with E-state index < -0.39 is 0 Å². The van der Waals surface area contributed by atoms with Crippen molar-refractivity contribution in [1.82, 2.24) is 0 Å². The maximum Gasteiger partial charge on any atom is 0.182 e. The van der Waals surface area contributed by atoms with Crippen LogP contribution in [0.4, 0.5) is 0 Å². The Labute approximate surface area is 146 Å². The molecule has 0 spiro atoms. The molecule has 25 heavy (non-hydrogen) atoms. The van der Waals surface area contributed by atoms with Gasteiger partial charge in [0.1, 0.15) is 11.5 Å². The van der Waals surface area contributed by atoms with Gasteiger partial charge in [0.25, 0.3) is 0 Å². The lowest BCUT2D eigenvalue weighted by atomic mass is 9.87. The number of ether oxygens (including phenoxy) is 1. The summed E-state index contributed by atoms with van der Waals surface area (Å²) in [6.45, 7) is 2.07. The van der Waals surface area contributed by atoms with Crippen molar-refractivity contribution in [1.29, 1.82) is 0 Å². The van der Waals surface area contributed by atoms with Crippen molar-refractivity contribution >= 4 is 5.78 Å². The SMILES string of the molecule is Cc1ccc(C2Oc3ccccc3-c3c2oc2c3C(=O)CCC2)cc1. The molecule has 3 heteroatoms. The molecule has 3 nitrogen and oxygen atoms in total. The number of para-hydroxylation sites is 1. The van der Waals surface area contributed by atoms with Crippen LogP contribution in [0, 0.1) is 6.92 Å². The summed E-state index contributed by atoms with van der Waals surface area (Å²) >= 11 is 0. The number of fused-ring (bicyclic) bond motifs is 5. The zero-order chi connectivity index (χ0) is 17.0. The highest BCUT2D eigenvalue weighted by Crippen LogP contribution is 2.49. The van der Waals surface area contributed by atoms with Crippen molar-refractivity contribution in [3.05, 3.63) is 76.7 Å². The highest BCUT2D eigenvalue weighted by Gasteiger charge is 2.37. The van der Waals surface area contributed by atoms with Crippen LogP contribution in [-0.2, 0) is 6.42 Å². The van der Waals surface area contributed by atoms with Gasteiger partial charge < -0.3 is 9.15 Å². The monoisotopic (exact) mass is 330 g/mol. The third kappa shape index (κ3) is 2.15. The van der Waals surface area contributed by atoms with E-state index in [0.29, 0.717) is 6.42 Å². The van der Waals surface area contributed by atoms with Gasteiger partial charge in [-0.15, -0.1) is 0 Å². The third-order valence-corrected chi connectivity index (χ3v) is 5.11. The van der Waals surface area contributed by atoms with Crippen LogP contribution < -0.4 is 4.74 Å². The summed E-state index contributed by atoms with van der Waals surface area (Å²) in [5, 5.41) is 0. The third-order valence-electron chi connectivity index (χ3n) is 5.11. The molecule has 1 aromatic heterocycles. The van der Waals surface area contributed by atoms with E-state index in [4.69, 9.17) is 9.15 Å². The number of furan rings is 1. The number of Topliss-reactive ketones (excluding diaryl/α,β-unsaturated/α-hetero) is 1. The van der Waals surface area contributed by atoms with Gasteiger partial charge in [-0.25, -0.2) is 0 Å². The molecule has 0 N–H and O–H groups in total. The minimum Gasteiger partial charge on any atom is -0.477 e. The normalized spacial score (nSPS) is 18.1. The van der Waals surface area contributed by atoms with Gasteiger partial charge in [0.05, 0.1) is 5.56 Å². The quantitative estimate of drug-likeness (QED) is 0.611. The molecular formula is C22H18O3. The fourth-order valence-corrected chi connectivity index (χ4v) is 3.87. The van der Waals surface area contributed by atoms with E-state index in [0.717, 1.165) is 52.4 Å². The fraction of sp³-hybridized carbons (Fsp3) is 0.227. The number of carbonyl (C=O) groups excluding carboxylic acids is 1. The predicted molar refractivity (Wildman–Crippen MR) is 95.1 cm³/mol. The molecule has 3 aromatic rings. The van der Waals surface area contributed by atoms with Crippen molar-refractivity contribution in [2.24, 2.45) is 0 Å². The maximum atomic E-state index is 12.6. The molecule has 5 rings (SSSR count). The number of hydrogen-bond acceptors (Lipinski definition) is 3. The smallest absolute Gasteiger partial charge is 0.182 e. The fourth-order valence-electron chi connectivity index (χ4n) is 3.87. The number of carbonyl (C=O) groups is 1. The molecule has 1 aliphatic heterocycles. The van der Waals surface area contributed by atoms with Crippen LogP contribution in [0.1, 0.15) is 52.0 Å². The molecule has 0 saturated carbocycles. The summed E-state index contributed by atoms with van der Waals surface area (Å²) in [7, 11) is 0. The molecule has 124 valence electrons. The second kappa shape index (κ2) is 5.35. The minimum absolute atomic E-state index is 0.186. The van der Waals surface area contributed by atoms with Gasteiger partial charge >= 0.3 is 0 Å². The average Bonchev–Trinajstić information content (AvgIpc) is 3.03. The number of hydrogen-bond donors (Lipinski definition) is 0. The van der Waals surface area contributed by atoms with Gasteiger partial charge in [-0.1, -0.05) is 48.0 Å². The van der Waals surface area contributed by atoms with E-state index in [-0.39, 0.29) is 11.9 Å². The number of ketones is 1. The summed E-state index contributed by atoms with van der Waals surface area (Å²) in [6.07, 6.45) is 1.95. The average molecular weight is 330 g/mol. The van der Waals surface area contributed by atoms with Gasteiger partial charge in [0.15, 0.2) is 17.6 Å². The lowest BCUT2D eigenvalue weighted by Crippen LogP contribution is -2.15. The number of aryl methyl sites for hydroxylation is 2. The maximum absolute atomic E-state index is 12.6. The molecular weight excluding hydrogens is 312 g/mol. The molecule has 1 atom stereocenters. The zero-order valence-electron chi connectivity index (χ0n) is 14.0. The Morgan fingerprint density at radius 3 is 2.60 bits per heavy atom. The molecule has 1 unspecified atom stereocenters. The van der Waals surface area contributed by atoms with Crippen molar-refractivity contribution in [3.8, 4) is 16.9 Å². The van der Waals surface area contributed by atoms with E-state index in [1.807, 2.05) is 24.3 Å². The molecule has 0 fully saturated rings. The first-order valence-corrected chi connectivity index (χ1v) is 8.74. The molecule has 2 aromatic carbocycles. The van der Waals surface area contributed by atoms with Crippen LogP contribution >= 0.6 is 0 Å². The molecule has 2 heterocycles. The Balaban J connectivity index is 1.77. The molecule has 0 radical (unpaired) electrons. The highest BCUT2D eigenvalue weighted by molar-refractivity contribution is 6.05. The van der Waals surface area contributed by atoms with Crippen molar-refractivity contribution < 1.29 is 13.9 Å². The first kappa shape index (κ1) is 14.5. The first-order chi connectivity index (χ1) is 12.2. The summed E-state index contributed by atoms with van der Waals surface area (Å²) < 4.78 is 12.5. The van der Waals surface area contributed by atoms with E-state index in [2.05, 4.69) is 31.2 Å². The van der Waals surface area contributed by atoms with Gasteiger partial charge in [0, 0.05) is 29.5 Å². The lowest BCUT2D eigenvalue weighted by molar-refractivity contribution is 0.0970. The van der Waals surface area contributed by atoms with Crippen molar-refractivity contribution in [3.63, 3.8) is 0 Å². The summed E-state index contributed by atoms with van der Waals surface area (Å²) in [4.78, 5) is 12.6.